The molecule has 0 bridgehead atoms. The lowest BCUT2D eigenvalue weighted by atomic mass is 10.2. The van der Waals surface area contributed by atoms with E-state index in [1.54, 1.807) is 0 Å². The van der Waals surface area contributed by atoms with Gasteiger partial charge in [-0.25, -0.2) is 0 Å². The van der Waals surface area contributed by atoms with Gasteiger partial charge in [0.2, 0.25) is 5.91 Å². The number of thioether (sulfide) groups is 1. The van der Waals surface area contributed by atoms with Crippen molar-refractivity contribution >= 4 is 29.0 Å². The summed E-state index contributed by atoms with van der Waals surface area (Å²) in [6.07, 6.45) is 0.878. The van der Waals surface area contributed by atoms with Crippen molar-refractivity contribution in [2.24, 2.45) is 0 Å². The summed E-state index contributed by atoms with van der Waals surface area (Å²) in [4.78, 5) is 15.5. The summed E-state index contributed by atoms with van der Waals surface area (Å²) < 4.78 is 11.4. The van der Waals surface area contributed by atoms with Gasteiger partial charge in [-0.2, -0.15) is 0 Å². The molecular formula is C20H24N2O3S. The van der Waals surface area contributed by atoms with Crippen molar-refractivity contribution < 1.29 is 14.3 Å². The maximum Gasteiger partial charge on any atom is 0.237 e. The van der Waals surface area contributed by atoms with Gasteiger partial charge in [0.05, 0.1) is 18.5 Å². The van der Waals surface area contributed by atoms with Gasteiger partial charge in [-0.1, -0.05) is 0 Å². The number of rotatable bonds is 5. The molecule has 0 radical (unpaired) electrons. The molecule has 0 aliphatic carbocycles. The normalized spacial score (nSPS) is 14.3. The van der Waals surface area contributed by atoms with E-state index in [0.29, 0.717) is 13.2 Å². The lowest BCUT2D eigenvalue weighted by molar-refractivity contribution is -0.115. The minimum Gasteiger partial charge on any atom is -0.490 e. The van der Waals surface area contributed by atoms with Gasteiger partial charge >= 0.3 is 0 Å². The largest absolute Gasteiger partial charge is 0.490 e. The quantitative estimate of drug-likeness (QED) is 0.803. The Morgan fingerprint density at radius 3 is 2.46 bits per heavy atom. The Hall–Kier alpha value is -2.34. The minimum atomic E-state index is -0.228. The van der Waals surface area contributed by atoms with E-state index >= 15 is 0 Å². The van der Waals surface area contributed by atoms with Gasteiger partial charge in [0, 0.05) is 36.8 Å². The highest BCUT2D eigenvalue weighted by Crippen LogP contribution is 2.35. The van der Waals surface area contributed by atoms with Crippen LogP contribution in [0.2, 0.25) is 0 Å². The van der Waals surface area contributed by atoms with Gasteiger partial charge in [0.25, 0.3) is 0 Å². The number of benzene rings is 2. The highest BCUT2D eigenvalue weighted by atomic mass is 32.2. The van der Waals surface area contributed by atoms with E-state index in [-0.39, 0.29) is 11.2 Å². The van der Waals surface area contributed by atoms with Crippen molar-refractivity contribution in [3.8, 4) is 11.5 Å². The smallest absolute Gasteiger partial charge is 0.237 e. The Morgan fingerprint density at radius 1 is 1.08 bits per heavy atom. The Kier molecular flexibility index (Phi) is 5.93. The second-order valence-electron chi connectivity index (χ2n) is 6.35. The third kappa shape index (κ3) is 4.64. The number of carbonyl (C=O) groups is 1. The molecule has 5 nitrogen and oxygen atoms in total. The van der Waals surface area contributed by atoms with Crippen LogP contribution in [-0.2, 0) is 4.79 Å². The van der Waals surface area contributed by atoms with Crippen LogP contribution in [0.3, 0.4) is 0 Å². The van der Waals surface area contributed by atoms with Gasteiger partial charge in [-0.05, 0) is 49.4 Å². The van der Waals surface area contributed by atoms with Crippen molar-refractivity contribution in [1.29, 1.82) is 0 Å². The maximum absolute atomic E-state index is 12.5. The molecule has 1 unspecified atom stereocenters. The fourth-order valence-corrected chi connectivity index (χ4v) is 3.46. The van der Waals surface area contributed by atoms with E-state index in [0.717, 1.165) is 34.2 Å². The van der Waals surface area contributed by atoms with Gasteiger partial charge < -0.3 is 19.7 Å². The van der Waals surface area contributed by atoms with E-state index in [2.05, 4.69) is 5.32 Å². The first-order valence-corrected chi connectivity index (χ1v) is 9.55. The van der Waals surface area contributed by atoms with Crippen LogP contribution in [0.15, 0.2) is 47.4 Å². The first-order chi connectivity index (χ1) is 12.5. The molecule has 1 aliphatic rings. The Balaban J connectivity index is 1.61. The standard InChI is InChI=1S/C20H24N2O3S/c1-14(20(23)21-15-5-7-16(8-6-15)22(2)3)26-17-9-10-18-19(13-17)25-12-4-11-24-18/h5-10,13-14H,4,11-12H2,1-3H3,(H,21,23). The summed E-state index contributed by atoms with van der Waals surface area (Å²) in [6, 6.07) is 13.6. The number of nitrogens with one attached hydrogen (secondary N) is 1. The Labute approximate surface area is 158 Å². The fourth-order valence-electron chi connectivity index (χ4n) is 2.56. The van der Waals surface area contributed by atoms with E-state index in [9.17, 15) is 4.79 Å². The topological polar surface area (TPSA) is 50.8 Å². The number of amides is 1. The minimum absolute atomic E-state index is 0.0280. The van der Waals surface area contributed by atoms with Crippen LogP contribution in [0, 0.1) is 0 Å². The van der Waals surface area contributed by atoms with Gasteiger partial charge in [0.15, 0.2) is 11.5 Å². The second-order valence-corrected chi connectivity index (χ2v) is 7.76. The van der Waals surface area contributed by atoms with Gasteiger partial charge in [0.1, 0.15) is 0 Å². The molecule has 1 heterocycles. The molecule has 2 aromatic carbocycles. The van der Waals surface area contributed by atoms with Gasteiger partial charge in [-0.3, -0.25) is 4.79 Å². The zero-order valence-electron chi connectivity index (χ0n) is 15.3. The molecule has 1 amide bonds. The van der Waals surface area contributed by atoms with Crippen molar-refractivity contribution in [2.45, 2.75) is 23.5 Å². The molecule has 0 spiro atoms. The summed E-state index contributed by atoms with van der Waals surface area (Å²) in [6.45, 7) is 3.22. The lowest BCUT2D eigenvalue weighted by Crippen LogP contribution is -2.22. The monoisotopic (exact) mass is 372 g/mol. The molecule has 138 valence electrons. The van der Waals surface area contributed by atoms with Crippen LogP contribution in [0.1, 0.15) is 13.3 Å². The molecule has 0 saturated heterocycles. The Morgan fingerprint density at radius 2 is 1.77 bits per heavy atom. The van der Waals surface area contributed by atoms with Crippen molar-refractivity contribution in [2.75, 3.05) is 37.5 Å². The molecule has 6 heteroatoms. The summed E-state index contributed by atoms with van der Waals surface area (Å²) in [5.74, 6) is 1.49. The third-order valence-corrected chi connectivity index (χ3v) is 5.15. The molecule has 2 aromatic rings. The van der Waals surface area contributed by atoms with E-state index in [1.807, 2.05) is 68.4 Å². The Bertz CT molecular complexity index is 762. The molecule has 1 aliphatic heterocycles. The molecule has 1 atom stereocenters. The summed E-state index contributed by atoms with van der Waals surface area (Å²) in [7, 11) is 3.98. The van der Waals surface area contributed by atoms with Crippen molar-refractivity contribution in [3.63, 3.8) is 0 Å². The predicted octanol–water partition coefficient (Wildman–Crippen LogP) is 4.03. The van der Waals surface area contributed by atoms with Crippen LogP contribution in [0.25, 0.3) is 0 Å². The molecule has 0 saturated carbocycles. The second kappa shape index (κ2) is 8.36. The lowest BCUT2D eigenvalue weighted by Gasteiger charge is -2.15. The predicted molar refractivity (Wildman–Crippen MR) is 107 cm³/mol. The van der Waals surface area contributed by atoms with E-state index in [4.69, 9.17) is 9.47 Å². The van der Waals surface area contributed by atoms with Crippen LogP contribution in [0.4, 0.5) is 11.4 Å². The van der Waals surface area contributed by atoms with Crippen LogP contribution in [-0.4, -0.2) is 38.5 Å². The van der Waals surface area contributed by atoms with E-state index in [1.165, 1.54) is 11.8 Å². The van der Waals surface area contributed by atoms with Crippen molar-refractivity contribution in [1.82, 2.24) is 0 Å². The number of anilines is 2. The highest BCUT2D eigenvalue weighted by molar-refractivity contribution is 8.00. The maximum atomic E-state index is 12.5. The zero-order valence-corrected chi connectivity index (χ0v) is 16.1. The van der Waals surface area contributed by atoms with Gasteiger partial charge in [-0.15, -0.1) is 11.8 Å². The third-order valence-electron chi connectivity index (χ3n) is 4.05. The number of carbonyl (C=O) groups excluding carboxylic acids is 1. The van der Waals surface area contributed by atoms with Crippen LogP contribution < -0.4 is 19.7 Å². The number of nitrogens with zero attached hydrogens (tertiary/aromatic N) is 1. The van der Waals surface area contributed by atoms with E-state index < -0.39 is 0 Å². The number of hydrogen-bond acceptors (Lipinski definition) is 5. The van der Waals surface area contributed by atoms with Crippen LogP contribution in [0.5, 0.6) is 11.5 Å². The molecule has 1 N–H and O–H groups in total. The molecule has 3 rings (SSSR count). The first kappa shape index (κ1) is 18.5. The number of ether oxygens (including phenoxy) is 2. The molecule has 26 heavy (non-hydrogen) atoms. The number of hydrogen-bond donors (Lipinski definition) is 1. The molecule has 0 fully saturated rings. The average Bonchev–Trinajstić information content (AvgIpc) is 2.87. The zero-order chi connectivity index (χ0) is 18.5. The van der Waals surface area contributed by atoms with Crippen molar-refractivity contribution in [3.05, 3.63) is 42.5 Å². The van der Waals surface area contributed by atoms with Crippen LogP contribution >= 0.6 is 11.8 Å². The highest BCUT2D eigenvalue weighted by Gasteiger charge is 2.17. The summed E-state index contributed by atoms with van der Waals surface area (Å²) in [5, 5.41) is 2.74. The first-order valence-electron chi connectivity index (χ1n) is 8.67. The average molecular weight is 372 g/mol. The molecule has 0 aromatic heterocycles. The number of fused-ring (bicyclic) bond motifs is 1. The summed E-state index contributed by atoms with van der Waals surface area (Å²) in [5.41, 5.74) is 1.89. The molecular weight excluding hydrogens is 348 g/mol. The fraction of sp³-hybridized carbons (Fsp3) is 0.350. The summed E-state index contributed by atoms with van der Waals surface area (Å²) >= 11 is 1.50. The SMILES string of the molecule is CC(Sc1ccc2c(c1)OCCCO2)C(=O)Nc1ccc(N(C)C)cc1.